The molecule has 0 radical (unpaired) electrons. The van der Waals surface area contributed by atoms with Crippen molar-refractivity contribution in [2.24, 2.45) is 5.10 Å². The second-order valence-corrected chi connectivity index (χ2v) is 3.80. The van der Waals surface area contributed by atoms with Crippen LogP contribution in [0.4, 0.5) is 0 Å². The van der Waals surface area contributed by atoms with E-state index in [-0.39, 0.29) is 0 Å². The number of nitrogens with zero attached hydrogens (tertiary/aromatic N) is 4. The Bertz CT molecular complexity index is 558. The van der Waals surface area contributed by atoms with Crippen molar-refractivity contribution in [1.82, 2.24) is 4.57 Å². The highest BCUT2D eigenvalue weighted by Crippen LogP contribution is 2.16. The zero-order valence-corrected chi connectivity index (χ0v) is 8.53. The summed E-state index contributed by atoms with van der Waals surface area (Å²) >= 11 is 1.52. The maximum absolute atomic E-state index is 8.42. The molecule has 0 N–H and O–H groups in total. The van der Waals surface area contributed by atoms with E-state index < -0.39 is 0 Å². The smallest absolute Gasteiger partial charge is 0.311 e. The number of fused-ring (bicyclic) bond motifs is 1. The summed E-state index contributed by atoms with van der Waals surface area (Å²) in [4.78, 5) is 0.719. The summed E-state index contributed by atoms with van der Waals surface area (Å²) in [6.45, 7) is 2.86. The molecule has 1 heterocycles. The van der Waals surface area contributed by atoms with Crippen LogP contribution >= 0.6 is 11.3 Å². The molecule has 2 aromatic rings. The summed E-state index contributed by atoms with van der Waals surface area (Å²) in [6.07, 6.45) is 0. The molecule has 4 nitrogen and oxygen atoms in total. The van der Waals surface area contributed by atoms with Crippen LogP contribution in [0, 0.1) is 5.39 Å². The molecule has 5 heteroatoms. The summed E-state index contributed by atoms with van der Waals surface area (Å²) in [5, 5.41) is 14.9. The maximum Gasteiger partial charge on any atom is 0.342 e. The van der Waals surface area contributed by atoms with E-state index in [0.29, 0.717) is 0 Å². The summed E-state index contributed by atoms with van der Waals surface area (Å²) < 4.78 is 3.16. The Labute approximate surface area is 84.7 Å². The van der Waals surface area contributed by atoms with Crippen molar-refractivity contribution in [2.45, 2.75) is 13.5 Å². The van der Waals surface area contributed by atoms with Crippen LogP contribution in [0.2, 0.25) is 0 Å². The second-order valence-electron chi connectivity index (χ2n) is 2.79. The number of thiazole rings is 1. The monoisotopic (exact) mass is 205 g/mol. The van der Waals surface area contributed by atoms with Gasteiger partial charge in [0.2, 0.25) is 5.10 Å². The molecule has 2 rings (SSSR count). The summed E-state index contributed by atoms with van der Waals surface area (Å²) in [7, 11) is 0. The van der Waals surface area contributed by atoms with Gasteiger partial charge in [0.15, 0.2) is 0 Å². The predicted molar refractivity (Wildman–Crippen MR) is 56.1 cm³/mol. The normalized spacial score (nSPS) is 11.9. The van der Waals surface area contributed by atoms with Crippen molar-refractivity contribution >= 4 is 21.6 Å². The highest BCUT2D eigenvalue weighted by molar-refractivity contribution is 7.16. The molecule has 1 aromatic heterocycles. The van der Waals surface area contributed by atoms with Gasteiger partial charge in [-0.25, -0.2) is 0 Å². The Hall–Kier alpha value is -1.67. The van der Waals surface area contributed by atoms with Gasteiger partial charge < -0.3 is 4.57 Å². The van der Waals surface area contributed by atoms with Crippen molar-refractivity contribution in [3.8, 4) is 0 Å². The Morgan fingerprint density at radius 2 is 2.29 bits per heavy atom. The number of aromatic nitrogens is 1. The molecule has 0 spiro atoms. The highest BCUT2D eigenvalue weighted by atomic mass is 32.1. The molecule has 0 aliphatic heterocycles. The minimum Gasteiger partial charge on any atom is -0.311 e. The largest absolute Gasteiger partial charge is 0.342 e. The number of rotatable bonds is 1. The first-order valence-corrected chi connectivity index (χ1v) is 5.15. The summed E-state index contributed by atoms with van der Waals surface area (Å²) in [6, 6.07) is 8.04. The molecule has 0 amide bonds. The molecular weight excluding hydrogens is 196 g/mol. The number of hydrogen-bond donors (Lipinski definition) is 0. The molecule has 0 unspecified atom stereocenters. The van der Waals surface area contributed by atoms with Crippen molar-refractivity contribution in [3.63, 3.8) is 0 Å². The van der Waals surface area contributed by atoms with Crippen molar-refractivity contribution in [3.05, 3.63) is 34.2 Å². The van der Waals surface area contributed by atoms with Crippen molar-refractivity contribution < 1.29 is 0 Å². The molecule has 0 saturated carbocycles. The van der Waals surface area contributed by atoms with Gasteiger partial charge in [-0.1, -0.05) is 23.5 Å². The minimum atomic E-state index is 0.719. The van der Waals surface area contributed by atoms with E-state index in [1.807, 2.05) is 35.8 Å². The number of hydrogen-bond acceptors (Lipinski definition) is 3. The molecule has 1 aromatic carbocycles. The van der Waals surface area contributed by atoms with Gasteiger partial charge in [-0.2, -0.15) is 0 Å². The lowest BCUT2D eigenvalue weighted by molar-refractivity contribution is 0.763. The second kappa shape index (κ2) is 3.60. The fourth-order valence-electron chi connectivity index (χ4n) is 1.44. The molecule has 0 fully saturated rings. The lowest BCUT2D eigenvalue weighted by Gasteiger charge is -1.96. The van der Waals surface area contributed by atoms with E-state index in [2.05, 4.69) is 10.2 Å². The van der Waals surface area contributed by atoms with Crippen molar-refractivity contribution in [2.75, 3.05) is 0 Å². The Balaban J connectivity index is 2.88. The van der Waals surface area contributed by atoms with E-state index in [4.69, 9.17) is 5.39 Å². The number of para-hydroxylation sites is 1. The topological polar surface area (TPSA) is 45.4 Å². The van der Waals surface area contributed by atoms with Crippen LogP contribution in [-0.2, 0) is 6.54 Å². The fourth-order valence-corrected chi connectivity index (χ4v) is 2.48. The van der Waals surface area contributed by atoms with Crippen LogP contribution < -0.4 is 4.80 Å². The van der Waals surface area contributed by atoms with Gasteiger partial charge in [-0.05, 0) is 19.1 Å². The van der Waals surface area contributed by atoms with Gasteiger partial charge in [0, 0.05) is 6.54 Å². The Morgan fingerprint density at radius 3 is 3.00 bits per heavy atom. The van der Waals surface area contributed by atoms with Gasteiger partial charge in [0.1, 0.15) is 0 Å². The van der Waals surface area contributed by atoms with Gasteiger partial charge in [0.25, 0.3) is 10.2 Å². The van der Waals surface area contributed by atoms with Crippen LogP contribution in [0.3, 0.4) is 0 Å². The maximum atomic E-state index is 8.42. The molecule has 14 heavy (non-hydrogen) atoms. The van der Waals surface area contributed by atoms with Crippen LogP contribution in [0.5, 0.6) is 0 Å². The summed E-state index contributed by atoms with van der Waals surface area (Å²) in [5.41, 5.74) is 1.13. The first kappa shape index (κ1) is 8.91. The lowest BCUT2D eigenvalue weighted by Crippen LogP contribution is -2.12. The van der Waals surface area contributed by atoms with E-state index in [0.717, 1.165) is 21.6 Å². The number of aryl methyl sites for hydroxylation is 1. The number of diazo groups is 1. The highest BCUT2D eigenvalue weighted by Gasteiger charge is 2.05. The van der Waals surface area contributed by atoms with E-state index >= 15 is 0 Å². The van der Waals surface area contributed by atoms with Crippen LogP contribution in [-0.4, -0.2) is 4.57 Å². The van der Waals surface area contributed by atoms with Crippen LogP contribution in [0.15, 0.2) is 29.4 Å². The molecule has 70 valence electrons. The lowest BCUT2D eigenvalue weighted by atomic mass is 10.3. The van der Waals surface area contributed by atoms with E-state index in [9.17, 15) is 0 Å². The van der Waals surface area contributed by atoms with Gasteiger partial charge in [0.05, 0.1) is 10.2 Å². The first-order valence-electron chi connectivity index (χ1n) is 4.33. The summed E-state index contributed by atoms with van der Waals surface area (Å²) in [5.74, 6) is 0. The molecule has 0 saturated heterocycles. The van der Waals surface area contributed by atoms with Crippen LogP contribution in [0.1, 0.15) is 6.92 Å². The number of benzene rings is 1. The molecule has 0 bridgehead atoms. The average Bonchev–Trinajstić information content (AvgIpc) is 2.55. The third-order valence-corrected chi connectivity index (χ3v) is 3.08. The third kappa shape index (κ3) is 1.30. The van der Waals surface area contributed by atoms with Crippen molar-refractivity contribution in [1.29, 1.82) is 5.39 Å². The molecule has 0 aliphatic rings. The Morgan fingerprint density at radius 1 is 1.50 bits per heavy atom. The zero-order chi connectivity index (χ0) is 9.97. The third-order valence-electron chi connectivity index (χ3n) is 2.03. The average molecular weight is 205 g/mol. The van der Waals surface area contributed by atoms with Crippen LogP contribution in [0.25, 0.3) is 15.3 Å². The fraction of sp³-hybridized carbons (Fsp3) is 0.222. The first-order chi connectivity index (χ1) is 6.86. The standard InChI is InChI=1S/C9H9N4S/c1-2-13-7-5-3-4-6-8(7)14-9(13)11-12-10/h3-6H,2H2,1H3/q+1/b11-9-. The van der Waals surface area contributed by atoms with Gasteiger partial charge >= 0.3 is 5.08 Å². The molecule has 0 atom stereocenters. The quantitative estimate of drug-likeness (QED) is 0.520. The molecular formula is C9H9N4S+. The minimum absolute atomic E-state index is 0.719. The SMILES string of the molecule is CCn1/c(=N/[N+]#N)sc2ccccc21. The zero-order valence-electron chi connectivity index (χ0n) is 7.71. The molecule has 0 aliphatic carbocycles. The van der Waals surface area contributed by atoms with E-state index in [1.54, 1.807) is 0 Å². The predicted octanol–water partition coefficient (Wildman–Crippen LogP) is 2.39. The van der Waals surface area contributed by atoms with Gasteiger partial charge in [-0.3, -0.25) is 0 Å². The van der Waals surface area contributed by atoms with Gasteiger partial charge in [-0.15, -0.1) is 0 Å². The Kier molecular flexibility index (Phi) is 2.29. The van der Waals surface area contributed by atoms with E-state index in [1.165, 1.54) is 11.3 Å².